The average molecular weight is 573 g/mol. The predicted molar refractivity (Wildman–Crippen MR) is 149 cm³/mol. The van der Waals surface area contributed by atoms with E-state index in [2.05, 4.69) is 63.6 Å². The van der Waals surface area contributed by atoms with Gasteiger partial charge in [0, 0.05) is 26.2 Å². The third-order valence-electron chi connectivity index (χ3n) is 6.60. The number of guanidine groups is 1. The minimum atomic E-state index is 0. The van der Waals surface area contributed by atoms with Crippen LogP contribution in [0, 0.1) is 0 Å². The summed E-state index contributed by atoms with van der Waals surface area (Å²) in [7, 11) is 3.95. The Hall–Kier alpha value is -1.10. The average Bonchev–Trinajstić information content (AvgIpc) is 3.26. The molecule has 1 aromatic rings. The van der Waals surface area contributed by atoms with Crippen LogP contribution in [0.2, 0.25) is 0 Å². The maximum atomic E-state index is 5.35. The molecule has 0 aliphatic carbocycles. The highest BCUT2D eigenvalue weighted by Crippen LogP contribution is 2.27. The molecule has 1 unspecified atom stereocenters. The Balaban J connectivity index is 0.00000385. The molecular weight excluding hydrogens is 527 g/mol. The first kappa shape index (κ1) is 28.1. The van der Waals surface area contributed by atoms with E-state index in [1.165, 1.54) is 51.0 Å². The van der Waals surface area contributed by atoms with Crippen LogP contribution in [0.4, 0.5) is 0 Å². The number of hydrogen-bond acceptors (Lipinski definition) is 5. The van der Waals surface area contributed by atoms with Gasteiger partial charge in [0.05, 0.1) is 19.7 Å². The second-order valence-corrected chi connectivity index (χ2v) is 9.03. The Morgan fingerprint density at radius 1 is 1.00 bits per heavy atom. The van der Waals surface area contributed by atoms with Gasteiger partial charge in [-0.3, -0.25) is 9.89 Å². The molecule has 0 radical (unpaired) electrons. The van der Waals surface area contributed by atoms with Gasteiger partial charge in [-0.1, -0.05) is 12.1 Å². The Labute approximate surface area is 218 Å². The number of benzene rings is 1. The summed E-state index contributed by atoms with van der Waals surface area (Å²) < 4.78 is 5.35. The normalized spacial score (nSPS) is 19.5. The van der Waals surface area contributed by atoms with Gasteiger partial charge in [-0.05, 0) is 90.1 Å². The summed E-state index contributed by atoms with van der Waals surface area (Å²) in [5.74, 6) is 1.84. The Bertz CT molecular complexity index is 680. The molecule has 2 aliphatic heterocycles. The van der Waals surface area contributed by atoms with Crippen molar-refractivity contribution >= 4 is 29.9 Å². The van der Waals surface area contributed by atoms with Crippen molar-refractivity contribution in [2.45, 2.75) is 38.6 Å². The largest absolute Gasteiger partial charge is 0.497 e. The predicted octanol–water partition coefficient (Wildman–Crippen LogP) is 3.03. The van der Waals surface area contributed by atoms with Crippen molar-refractivity contribution in [2.24, 2.45) is 4.99 Å². The van der Waals surface area contributed by atoms with Crippen LogP contribution >= 0.6 is 24.0 Å². The van der Waals surface area contributed by atoms with Gasteiger partial charge >= 0.3 is 0 Å². The van der Waals surface area contributed by atoms with Gasteiger partial charge in [-0.15, -0.1) is 24.0 Å². The first-order valence-electron chi connectivity index (χ1n) is 12.5. The van der Waals surface area contributed by atoms with E-state index in [4.69, 9.17) is 9.73 Å². The second kappa shape index (κ2) is 15.7. The fourth-order valence-corrected chi connectivity index (χ4v) is 4.66. The molecule has 2 saturated heterocycles. The number of aliphatic imine (C=N–C) groups is 1. The molecule has 2 heterocycles. The van der Waals surface area contributed by atoms with E-state index in [9.17, 15) is 0 Å². The molecule has 0 saturated carbocycles. The fourth-order valence-electron chi connectivity index (χ4n) is 4.66. The summed E-state index contributed by atoms with van der Waals surface area (Å²) in [5, 5.41) is 7.00. The molecule has 33 heavy (non-hydrogen) atoms. The highest BCUT2D eigenvalue weighted by atomic mass is 127. The van der Waals surface area contributed by atoms with Gasteiger partial charge in [0.2, 0.25) is 0 Å². The number of likely N-dealkylation sites (tertiary alicyclic amines) is 1. The zero-order valence-corrected chi connectivity index (χ0v) is 23.2. The van der Waals surface area contributed by atoms with Gasteiger partial charge in [0.1, 0.15) is 5.75 Å². The lowest BCUT2D eigenvalue weighted by Crippen LogP contribution is -2.40. The number of ether oxygens (including phenoxy) is 1. The summed E-state index contributed by atoms with van der Waals surface area (Å²) in [5.41, 5.74) is 1.32. The van der Waals surface area contributed by atoms with E-state index in [0.717, 1.165) is 57.4 Å². The number of halogens is 1. The van der Waals surface area contributed by atoms with Crippen LogP contribution in [-0.4, -0.2) is 100 Å². The van der Waals surface area contributed by atoms with E-state index < -0.39 is 0 Å². The van der Waals surface area contributed by atoms with Crippen LogP contribution in [0.25, 0.3) is 0 Å². The maximum absolute atomic E-state index is 5.35. The summed E-state index contributed by atoms with van der Waals surface area (Å²) in [6.07, 6.45) is 4.97. The van der Waals surface area contributed by atoms with Gasteiger partial charge < -0.3 is 25.2 Å². The molecule has 188 valence electrons. The number of nitrogens with zero attached hydrogens (tertiary/aromatic N) is 4. The first-order chi connectivity index (χ1) is 15.7. The molecule has 2 aliphatic rings. The number of likely N-dealkylation sites (N-methyl/N-ethyl adjacent to an activating group) is 1. The zero-order valence-electron chi connectivity index (χ0n) is 20.9. The van der Waals surface area contributed by atoms with Gasteiger partial charge in [0.15, 0.2) is 5.96 Å². The molecule has 2 N–H and O–H groups in total. The van der Waals surface area contributed by atoms with Gasteiger partial charge in [-0.2, -0.15) is 0 Å². The summed E-state index contributed by atoms with van der Waals surface area (Å²) >= 11 is 0. The monoisotopic (exact) mass is 572 g/mol. The van der Waals surface area contributed by atoms with Gasteiger partial charge in [-0.25, -0.2) is 0 Å². The molecule has 1 atom stereocenters. The third kappa shape index (κ3) is 9.58. The minimum absolute atomic E-state index is 0. The van der Waals surface area contributed by atoms with Gasteiger partial charge in [0.25, 0.3) is 0 Å². The molecule has 2 fully saturated rings. The van der Waals surface area contributed by atoms with Crippen molar-refractivity contribution in [3.8, 4) is 5.75 Å². The summed E-state index contributed by atoms with van der Waals surface area (Å²) in [4.78, 5) is 12.6. The Kier molecular flexibility index (Phi) is 13.4. The van der Waals surface area contributed by atoms with Crippen molar-refractivity contribution in [3.05, 3.63) is 29.8 Å². The highest BCUT2D eigenvalue weighted by molar-refractivity contribution is 14.0. The van der Waals surface area contributed by atoms with Crippen LogP contribution < -0.4 is 15.4 Å². The van der Waals surface area contributed by atoms with Crippen molar-refractivity contribution in [3.63, 3.8) is 0 Å². The molecule has 0 amide bonds. The lowest BCUT2D eigenvalue weighted by atomic mass is 10.1. The molecule has 7 nitrogen and oxygen atoms in total. The molecule has 1 aromatic carbocycles. The van der Waals surface area contributed by atoms with Crippen molar-refractivity contribution in [1.29, 1.82) is 0 Å². The summed E-state index contributed by atoms with van der Waals surface area (Å²) in [6.45, 7) is 13.0. The molecule has 0 spiro atoms. The number of nitrogens with one attached hydrogen (secondary N) is 2. The number of hydrogen-bond donors (Lipinski definition) is 2. The van der Waals surface area contributed by atoms with E-state index >= 15 is 0 Å². The van der Waals surface area contributed by atoms with Crippen LogP contribution in [0.1, 0.15) is 44.2 Å². The molecule has 0 bridgehead atoms. The lowest BCUT2D eigenvalue weighted by molar-refractivity contribution is 0.251. The third-order valence-corrected chi connectivity index (χ3v) is 6.60. The van der Waals surface area contributed by atoms with Crippen LogP contribution in [0.15, 0.2) is 29.3 Å². The van der Waals surface area contributed by atoms with Crippen LogP contribution in [0.3, 0.4) is 0 Å². The Morgan fingerprint density at radius 3 is 2.45 bits per heavy atom. The fraction of sp³-hybridized carbons (Fsp3) is 0.720. The quantitative estimate of drug-likeness (QED) is 0.195. The molecule has 8 heteroatoms. The van der Waals surface area contributed by atoms with Crippen molar-refractivity contribution in [2.75, 3.05) is 79.6 Å². The number of methoxy groups -OCH3 is 1. The molecular formula is C25H45IN6O. The van der Waals surface area contributed by atoms with E-state index in [0.29, 0.717) is 6.04 Å². The Morgan fingerprint density at radius 2 is 1.76 bits per heavy atom. The summed E-state index contributed by atoms with van der Waals surface area (Å²) in [6, 6.07) is 8.82. The van der Waals surface area contributed by atoms with Crippen molar-refractivity contribution in [1.82, 2.24) is 25.3 Å². The smallest absolute Gasteiger partial charge is 0.191 e. The van der Waals surface area contributed by atoms with E-state index in [1.807, 2.05) is 0 Å². The topological polar surface area (TPSA) is 55.4 Å². The minimum Gasteiger partial charge on any atom is -0.497 e. The first-order valence-corrected chi connectivity index (χ1v) is 12.5. The van der Waals surface area contributed by atoms with Crippen molar-refractivity contribution < 1.29 is 4.74 Å². The molecule has 3 rings (SSSR count). The van der Waals surface area contributed by atoms with E-state index in [-0.39, 0.29) is 24.0 Å². The number of rotatable bonds is 10. The second-order valence-electron chi connectivity index (χ2n) is 9.03. The zero-order chi connectivity index (χ0) is 22.6. The maximum Gasteiger partial charge on any atom is 0.191 e. The lowest BCUT2D eigenvalue weighted by Gasteiger charge is -2.27. The SMILES string of the molecule is CCNC(=NCC(c1ccc(OC)cc1)N1CCCC1)NCCCN1CCCN(C)CC1.I. The standard InChI is InChI=1S/C25H44N6O.HI/c1-4-26-25(27-13-7-15-30-16-8-14-29(2)19-20-30)28-21-24(31-17-5-6-18-31)22-9-11-23(32-3)12-10-22;/h9-12,24H,4-8,13-21H2,1-3H3,(H2,26,27,28);1H. The highest BCUT2D eigenvalue weighted by Gasteiger charge is 2.23. The van der Waals surface area contributed by atoms with Crippen LogP contribution in [-0.2, 0) is 0 Å². The van der Waals surface area contributed by atoms with E-state index in [1.54, 1.807) is 7.11 Å². The molecule has 0 aromatic heterocycles. The van der Waals surface area contributed by atoms with Crippen LogP contribution in [0.5, 0.6) is 5.75 Å².